The standard InChI is InChI=1S/C23H48O7Si2/c1-20(11-13-24)22(29-18-27-14-16-31(4,5)6)23(2,12-10-21(25)26-3)30-19-28-15-17-32(7,8)9/h10,12,20,22,24H,11,13-19H2,1-9H3/b12-10+/t20-,22-,23+/m0/s1. The van der Waals surface area contributed by atoms with Crippen molar-refractivity contribution in [1.82, 2.24) is 0 Å². The summed E-state index contributed by atoms with van der Waals surface area (Å²) in [5.74, 6) is -0.519. The van der Waals surface area contributed by atoms with E-state index in [4.69, 9.17) is 23.7 Å². The largest absolute Gasteiger partial charge is 0.466 e. The fourth-order valence-corrected chi connectivity index (χ4v) is 4.45. The van der Waals surface area contributed by atoms with Gasteiger partial charge < -0.3 is 28.8 Å². The van der Waals surface area contributed by atoms with Crippen molar-refractivity contribution in [2.45, 2.75) is 83.3 Å². The van der Waals surface area contributed by atoms with E-state index >= 15 is 0 Å². The minimum Gasteiger partial charge on any atom is -0.466 e. The molecule has 9 heteroatoms. The summed E-state index contributed by atoms with van der Waals surface area (Å²) in [5.41, 5.74) is -0.968. The summed E-state index contributed by atoms with van der Waals surface area (Å²) >= 11 is 0. The third-order valence-corrected chi connectivity index (χ3v) is 8.60. The van der Waals surface area contributed by atoms with Crippen LogP contribution in [0, 0.1) is 5.92 Å². The molecule has 0 radical (unpaired) electrons. The highest BCUT2D eigenvalue weighted by molar-refractivity contribution is 6.76. The normalized spacial score (nSPS) is 16.7. The summed E-state index contributed by atoms with van der Waals surface area (Å²) in [5, 5.41) is 9.49. The number of ether oxygens (including phenoxy) is 5. The Balaban J connectivity index is 5.28. The molecule has 0 rings (SSSR count). The summed E-state index contributed by atoms with van der Waals surface area (Å²) in [6, 6.07) is 2.09. The van der Waals surface area contributed by atoms with Crippen LogP contribution in [0.25, 0.3) is 0 Å². The van der Waals surface area contributed by atoms with E-state index in [-0.39, 0.29) is 26.1 Å². The zero-order valence-corrected chi connectivity index (χ0v) is 23.9. The van der Waals surface area contributed by atoms with Crippen LogP contribution in [0.5, 0.6) is 0 Å². The highest BCUT2D eigenvalue weighted by Gasteiger charge is 2.38. The number of hydrogen-bond donors (Lipinski definition) is 1. The van der Waals surface area contributed by atoms with Gasteiger partial charge in [0, 0.05) is 42.0 Å². The maximum atomic E-state index is 11.8. The maximum Gasteiger partial charge on any atom is 0.330 e. The molecule has 0 aromatic rings. The number of rotatable bonds is 18. The summed E-state index contributed by atoms with van der Waals surface area (Å²) in [7, 11) is -1.06. The smallest absolute Gasteiger partial charge is 0.330 e. The highest BCUT2D eigenvalue weighted by Crippen LogP contribution is 2.29. The summed E-state index contributed by atoms with van der Waals surface area (Å²) < 4.78 is 28.5. The molecule has 0 saturated heterocycles. The van der Waals surface area contributed by atoms with Gasteiger partial charge in [-0.05, 0) is 37.4 Å². The summed E-state index contributed by atoms with van der Waals surface area (Å²) in [6.45, 7) is 19.1. The Hall–Kier alpha value is -0.556. The highest BCUT2D eigenvalue weighted by atomic mass is 28.3. The van der Waals surface area contributed by atoms with Crippen LogP contribution in [-0.2, 0) is 28.5 Å². The van der Waals surface area contributed by atoms with Gasteiger partial charge in [-0.3, -0.25) is 0 Å². The number of aliphatic hydroxyl groups excluding tert-OH is 1. The Bertz CT molecular complexity index is 543. The lowest BCUT2D eigenvalue weighted by molar-refractivity contribution is -0.204. The lowest BCUT2D eigenvalue weighted by atomic mass is 9.86. The Morgan fingerprint density at radius 1 is 1.00 bits per heavy atom. The van der Waals surface area contributed by atoms with E-state index in [2.05, 4.69) is 39.3 Å². The van der Waals surface area contributed by atoms with Crippen LogP contribution in [0.3, 0.4) is 0 Å². The molecule has 0 amide bonds. The fourth-order valence-electron chi connectivity index (χ4n) is 2.94. The number of aliphatic hydroxyl groups is 1. The van der Waals surface area contributed by atoms with Crippen molar-refractivity contribution in [3.8, 4) is 0 Å². The molecule has 0 aromatic heterocycles. The van der Waals surface area contributed by atoms with Gasteiger partial charge in [0.25, 0.3) is 0 Å². The molecule has 0 aliphatic heterocycles. The predicted molar refractivity (Wildman–Crippen MR) is 134 cm³/mol. The van der Waals surface area contributed by atoms with Crippen LogP contribution in [-0.4, -0.2) is 79.4 Å². The molecule has 0 aliphatic carbocycles. The molecule has 0 unspecified atom stereocenters. The Morgan fingerprint density at radius 2 is 1.53 bits per heavy atom. The van der Waals surface area contributed by atoms with Crippen LogP contribution in [0.1, 0.15) is 20.3 Å². The molecule has 0 aromatic carbocycles. The second-order valence-corrected chi connectivity index (χ2v) is 22.2. The SMILES string of the molecule is COC(=O)/C=C/[C@@](C)(OCOCC[Si](C)(C)C)[C@@H](OCOCC[Si](C)(C)C)[C@@H](C)CCO. The van der Waals surface area contributed by atoms with Crippen molar-refractivity contribution in [2.24, 2.45) is 5.92 Å². The van der Waals surface area contributed by atoms with Crippen molar-refractivity contribution in [2.75, 3.05) is 40.5 Å². The zero-order chi connectivity index (χ0) is 24.8. The van der Waals surface area contributed by atoms with Crippen LogP contribution in [0.15, 0.2) is 12.2 Å². The first-order chi connectivity index (χ1) is 14.7. The average Bonchev–Trinajstić information content (AvgIpc) is 2.66. The van der Waals surface area contributed by atoms with Crippen molar-refractivity contribution >= 4 is 22.1 Å². The average molecular weight is 493 g/mol. The molecule has 0 saturated carbocycles. The number of carbonyl (C=O) groups excluding carboxylic acids is 1. The van der Waals surface area contributed by atoms with Gasteiger partial charge in [-0.2, -0.15) is 0 Å². The Morgan fingerprint density at radius 3 is 2.00 bits per heavy atom. The molecule has 7 nitrogen and oxygen atoms in total. The molecule has 0 spiro atoms. The van der Waals surface area contributed by atoms with Crippen molar-refractivity contribution in [3.63, 3.8) is 0 Å². The molecule has 32 heavy (non-hydrogen) atoms. The molecule has 3 atom stereocenters. The molecule has 0 bridgehead atoms. The number of hydrogen-bond acceptors (Lipinski definition) is 7. The minimum atomic E-state index is -1.20. The van der Waals surface area contributed by atoms with Crippen molar-refractivity contribution in [1.29, 1.82) is 0 Å². The van der Waals surface area contributed by atoms with E-state index in [1.807, 2.05) is 13.8 Å². The Kier molecular flexibility index (Phi) is 15.1. The van der Waals surface area contributed by atoms with Gasteiger partial charge in [0.2, 0.25) is 0 Å². The first-order valence-corrected chi connectivity index (χ1v) is 18.9. The van der Waals surface area contributed by atoms with Gasteiger partial charge in [0.15, 0.2) is 0 Å². The molecule has 0 heterocycles. The van der Waals surface area contributed by atoms with Gasteiger partial charge in [0.05, 0.1) is 13.2 Å². The molecule has 190 valence electrons. The van der Waals surface area contributed by atoms with Crippen LogP contribution >= 0.6 is 0 Å². The second-order valence-electron chi connectivity index (χ2n) is 10.9. The fraction of sp³-hybridized carbons (Fsp3) is 0.870. The third kappa shape index (κ3) is 15.3. The van der Waals surface area contributed by atoms with E-state index in [9.17, 15) is 9.90 Å². The molecular formula is C23H48O7Si2. The van der Waals surface area contributed by atoms with E-state index < -0.39 is 33.8 Å². The molecule has 1 N–H and O–H groups in total. The summed E-state index contributed by atoms with van der Waals surface area (Å²) in [6.07, 6.45) is 3.07. The predicted octanol–water partition coefficient (Wildman–Crippen LogP) is 4.52. The van der Waals surface area contributed by atoms with Crippen molar-refractivity contribution in [3.05, 3.63) is 12.2 Å². The van der Waals surface area contributed by atoms with Crippen LogP contribution in [0.2, 0.25) is 51.4 Å². The lowest BCUT2D eigenvalue weighted by Gasteiger charge is -2.38. The van der Waals surface area contributed by atoms with Gasteiger partial charge in [-0.25, -0.2) is 4.79 Å². The topological polar surface area (TPSA) is 83.5 Å². The van der Waals surface area contributed by atoms with E-state index in [0.29, 0.717) is 19.6 Å². The van der Waals surface area contributed by atoms with Crippen LogP contribution in [0.4, 0.5) is 0 Å². The second kappa shape index (κ2) is 15.4. The van der Waals surface area contributed by atoms with E-state index in [0.717, 1.165) is 12.1 Å². The third-order valence-electron chi connectivity index (χ3n) is 5.19. The first-order valence-electron chi connectivity index (χ1n) is 11.5. The number of methoxy groups -OCH3 is 1. The first kappa shape index (κ1) is 31.4. The van der Waals surface area contributed by atoms with E-state index in [1.165, 1.54) is 13.2 Å². The molecular weight excluding hydrogens is 444 g/mol. The quantitative estimate of drug-likeness (QED) is 0.0990. The minimum absolute atomic E-state index is 0.0288. The number of carbonyl (C=O) groups is 1. The number of esters is 1. The molecule has 0 fully saturated rings. The molecule has 0 aliphatic rings. The van der Waals surface area contributed by atoms with Gasteiger partial charge in [0.1, 0.15) is 19.2 Å². The van der Waals surface area contributed by atoms with Gasteiger partial charge in [-0.1, -0.05) is 46.2 Å². The van der Waals surface area contributed by atoms with Crippen LogP contribution < -0.4 is 0 Å². The van der Waals surface area contributed by atoms with Gasteiger partial charge in [-0.15, -0.1) is 0 Å². The zero-order valence-electron chi connectivity index (χ0n) is 21.9. The van der Waals surface area contributed by atoms with Crippen molar-refractivity contribution < 1.29 is 33.6 Å². The van der Waals surface area contributed by atoms with E-state index in [1.54, 1.807) is 6.08 Å². The lowest BCUT2D eigenvalue weighted by Crippen LogP contribution is -2.47. The monoisotopic (exact) mass is 492 g/mol. The Labute approximate surface area is 197 Å². The van der Waals surface area contributed by atoms with Gasteiger partial charge >= 0.3 is 5.97 Å². The summed E-state index contributed by atoms with van der Waals surface area (Å²) in [4.78, 5) is 11.8. The maximum absolute atomic E-state index is 11.8.